The standard InChI is InChI=1S/C19H18BrFN6O5/c20-13-2-1-3-14(23-13)24-19(32)12-6-11(21)8-27(12)15(28)9-26-7-10(4-5-16(29)30)17(25-26)18(22)31/h1-5,7,11-12H,6,8-9H2,(H2,22,31)(H,29,30)(H,23,24,32)/b5-4+/t11-,12+/m1/s1. The predicted octanol–water partition coefficient (Wildman–Crippen LogP) is 0.815. The number of pyridine rings is 1. The van der Waals surface area contributed by atoms with Gasteiger partial charge in [0.05, 0.1) is 6.54 Å². The number of carboxylic acids is 1. The van der Waals surface area contributed by atoms with Crippen LogP contribution in [0.4, 0.5) is 10.2 Å². The molecule has 168 valence electrons. The summed E-state index contributed by atoms with van der Waals surface area (Å²) in [6.45, 7) is -0.689. The number of primary amides is 1. The molecule has 1 aliphatic rings. The van der Waals surface area contributed by atoms with Crippen molar-refractivity contribution >= 4 is 51.5 Å². The Labute approximate surface area is 189 Å². The van der Waals surface area contributed by atoms with E-state index in [9.17, 15) is 23.6 Å². The number of carbonyl (C=O) groups is 4. The van der Waals surface area contributed by atoms with Crippen molar-refractivity contribution in [1.82, 2.24) is 19.7 Å². The van der Waals surface area contributed by atoms with Crippen molar-refractivity contribution in [3.8, 4) is 0 Å². The first-order valence-corrected chi connectivity index (χ1v) is 10.1. The number of nitrogens with two attached hydrogens (primary N) is 1. The van der Waals surface area contributed by atoms with Crippen LogP contribution in [0.15, 0.2) is 35.1 Å². The van der Waals surface area contributed by atoms with Crippen LogP contribution < -0.4 is 11.1 Å². The highest BCUT2D eigenvalue weighted by molar-refractivity contribution is 9.10. The van der Waals surface area contributed by atoms with Gasteiger partial charge in [-0.15, -0.1) is 0 Å². The lowest BCUT2D eigenvalue weighted by Crippen LogP contribution is -2.44. The molecule has 4 N–H and O–H groups in total. The molecule has 0 aliphatic carbocycles. The van der Waals surface area contributed by atoms with E-state index in [1.165, 1.54) is 6.20 Å². The summed E-state index contributed by atoms with van der Waals surface area (Å²) in [5, 5.41) is 15.2. The Hall–Kier alpha value is -3.61. The molecule has 0 radical (unpaired) electrons. The van der Waals surface area contributed by atoms with Crippen LogP contribution in [0.3, 0.4) is 0 Å². The maximum Gasteiger partial charge on any atom is 0.328 e. The van der Waals surface area contributed by atoms with Crippen molar-refractivity contribution < 1.29 is 28.7 Å². The maximum absolute atomic E-state index is 14.1. The second-order valence-electron chi connectivity index (χ2n) is 6.90. The quantitative estimate of drug-likeness (QED) is 0.368. The van der Waals surface area contributed by atoms with Crippen LogP contribution >= 0.6 is 15.9 Å². The van der Waals surface area contributed by atoms with Crippen LogP contribution in [0.2, 0.25) is 0 Å². The summed E-state index contributed by atoms with van der Waals surface area (Å²) >= 11 is 3.19. The first-order chi connectivity index (χ1) is 15.1. The molecule has 3 heterocycles. The number of rotatable bonds is 7. The zero-order valence-electron chi connectivity index (χ0n) is 16.4. The van der Waals surface area contributed by atoms with Crippen LogP contribution in [0, 0.1) is 0 Å². The highest BCUT2D eigenvalue weighted by Gasteiger charge is 2.40. The lowest BCUT2D eigenvalue weighted by molar-refractivity contribution is -0.137. The number of aromatic nitrogens is 3. The van der Waals surface area contributed by atoms with Crippen molar-refractivity contribution in [2.75, 3.05) is 11.9 Å². The van der Waals surface area contributed by atoms with E-state index in [-0.39, 0.29) is 30.0 Å². The van der Waals surface area contributed by atoms with Crippen molar-refractivity contribution in [2.24, 2.45) is 5.73 Å². The topological polar surface area (TPSA) is 161 Å². The smallest absolute Gasteiger partial charge is 0.328 e. The molecule has 11 nitrogen and oxygen atoms in total. The molecule has 13 heteroatoms. The summed E-state index contributed by atoms with van der Waals surface area (Å²) in [5.74, 6) is -3.12. The van der Waals surface area contributed by atoms with E-state index in [0.717, 1.165) is 21.7 Å². The number of aliphatic carboxylic acids is 1. The summed E-state index contributed by atoms with van der Waals surface area (Å²) in [6, 6.07) is 3.82. The molecule has 3 amide bonds. The Kier molecular flexibility index (Phi) is 6.98. The summed E-state index contributed by atoms with van der Waals surface area (Å²) in [5.41, 5.74) is 5.13. The molecule has 0 bridgehead atoms. The molecular formula is C19H18BrFN6O5. The number of hydrogen-bond donors (Lipinski definition) is 3. The lowest BCUT2D eigenvalue weighted by Gasteiger charge is -2.23. The zero-order chi connectivity index (χ0) is 23.4. The van der Waals surface area contributed by atoms with E-state index in [4.69, 9.17) is 10.8 Å². The third-order valence-electron chi connectivity index (χ3n) is 4.57. The SMILES string of the molecule is NC(=O)c1nn(CC(=O)N2C[C@H](F)C[C@H]2C(=O)Nc2cccc(Br)n2)cc1/C=C/C(=O)O. The number of halogens is 2. The van der Waals surface area contributed by atoms with E-state index in [1.54, 1.807) is 18.2 Å². The molecule has 1 fully saturated rings. The van der Waals surface area contributed by atoms with Crippen molar-refractivity contribution in [3.63, 3.8) is 0 Å². The fourth-order valence-corrected chi connectivity index (χ4v) is 3.56. The number of likely N-dealkylation sites (tertiary alicyclic amines) is 1. The van der Waals surface area contributed by atoms with Gasteiger partial charge < -0.3 is 21.1 Å². The van der Waals surface area contributed by atoms with Gasteiger partial charge in [0.25, 0.3) is 5.91 Å². The number of amides is 3. The van der Waals surface area contributed by atoms with E-state index in [0.29, 0.717) is 4.60 Å². The average molecular weight is 509 g/mol. The fraction of sp³-hybridized carbons (Fsp3) is 0.263. The van der Waals surface area contributed by atoms with Gasteiger partial charge in [-0.05, 0) is 34.1 Å². The summed E-state index contributed by atoms with van der Waals surface area (Å²) < 4.78 is 15.7. The Morgan fingerprint density at radius 2 is 2.09 bits per heavy atom. The van der Waals surface area contributed by atoms with Gasteiger partial charge in [0, 0.05) is 24.3 Å². The largest absolute Gasteiger partial charge is 0.478 e. The third kappa shape index (κ3) is 5.55. The Balaban J connectivity index is 1.75. The fourth-order valence-electron chi connectivity index (χ4n) is 3.22. The monoisotopic (exact) mass is 508 g/mol. The predicted molar refractivity (Wildman–Crippen MR) is 113 cm³/mol. The highest BCUT2D eigenvalue weighted by atomic mass is 79.9. The van der Waals surface area contributed by atoms with E-state index in [2.05, 4.69) is 31.3 Å². The first-order valence-electron chi connectivity index (χ1n) is 9.29. The van der Waals surface area contributed by atoms with Gasteiger partial charge in [0.2, 0.25) is 11.8 Å². The van der Waals surface area contributed by atoms with Crippen LogP contribution in [0.1, 0.15) is 22.5 Å². The van der Waals surface area contributed by atoms with Gasteiger partial charge in [-0.2, -0.15) is 5.10 Å². The number of carboxylic acid groups (broad SMARTS) is 1. The molecular weight excluding hydrogens is 491 g/mol. The molecule has 2 atom stereocenters. The molecule has 1 aliphatic heterocycles. The molecule has 1 saturated heterocycles. The summed E-state index contributed by atoms with van der Waals surface area (Å²) in [7, 11) is 0. The number of nitrogens with one attached hydrogen (secondary N) is 1. The Morgan fingerprint density at radius 1 is 1.34 bits per heavy atom. The Morgan fingerprint density at radius 3 is 2.75 bits per heavy atom. The van der Waals surface area contributed by atoms with E-state index < -0.39 is 42.4 Å². The minimum atomic E-state index is -1.39. The second-order valence-corrected chi connectivity index (χ2v) is 7.71. The van der Waals surface area contributed by atoms with E-state index >= 15 is 0 Å². The molecule has 32 heavy (non-hydrogen) atoms. The summed E-state index contributed by atoms with van der Waals surface area (Å²) in [4.78, 5) is 52.9. The second kappa shape index (κ2) is 9.68. The normalized spacial score (nSPS) is 18.1. The lowest BCUT2D eigenvalue weighted by atomic mass is 10.2. The number of nitrogens with zero attached hydrogens (tertiary/aromatic N) is 4. The minimum Gasteiger partial charge on any atom is -0.478 e. The van der Waals surface area contributed by atoms with Gasteiger partial charge in [0.15, 0.2) is 5.69 Å². The molecule has 2 aromatic heterocycles. The molecule has 3 rings (SSSR count). The number of hydrogen-bond acceptors (Lipinski definition) is 6. The minimum absolute atomic E-state index is 0.104. The van der Waals surface area contributed by atoms with Crippen LogP contribution in [0.25, 0.3) is 6.08 Å². The van der Waals surface area contributed by atoms with Gasteiger partial charge >= 0.3 is 5.97 Å². The van der Waals surface area contributed by atoms with Crippen LogP contribution in [0.5, 0.6) is 0 Å². The summed E-state index contributed by atoms with van der Waals surface area (Å²) in [6.07, 6.45) is 1.61. The molecule has 0 spiro atoms. The Bertz CT molecular complexity index is 1100. The van der Waals surface area contributed by atoms with Crippen molar-refractivity contribution in [3.05, 3.63) is 46.3 Å². The van der Waals surface area contributed by atoms with Crippen LogP contribution in [-0.2, 0) is 20.9 Å². The first kappa shape index (κ1) is 23.1. The van der Waals surface area contributed by atoms with Crippen LogP contribution in [-0.4, -0.2) is 67.2 Å². The van der Waals surface area contributed by atoms with E-state index in [1.807, 2.05) is 0 Å². The maximum atomic E-state index is 14.1. The molecule has 0 saturated carbocycles. The number of alkyl halides is 1. The van der Waals surface area contributed by atoms with Gasteiger partial charge in [-0.1, -0.05) is 6.07 Å². The van der Waals surface area contributed by atoms with Crippen molar-refractivity contribution in [2.45, 2.75) is 25.2 Å². The average Bonchev–Trinajstić information content (AvgIpc) is 3.30. The van der Waals surface area contributed by atoms with Crippen molar-refractivity contribution in [1.29, 1.82) is 0 Å². The third-order valence-corrected chi connectivity index (χ3v) is 5.01. The highest BCUT2D eigenvalue weighted by Crippen LogP contribution is 2.23. The zero-order valence-corrected chi connectivity index (χ0v) is 18.0. The molecule has 0 aromatic carbocycles. The molecule has 2 aromatic rings. The molecule has 0 unspecified atom stereocenters. The van der Waals surface area contributed by atoms with Gasteiger partial charge in [-0.3, -0.25) is 19.1 Å². The van der Waals surface area contributed by atoms with Gasteiger partial charge in [-0.25, -0.2) is 14.2 Å². The van der Waals surface area contributed by atoms with Gasteiger partial charge in [0.1, 0.15) is 29.2 Å². The number of carbonyl (C=O) groups excluding carboxylic acids is 3. The number of anilines is 1.